The summed E-state index contributed by atoms with van der Waals surface area (Å²) < 4.78 is 39.7. The lowest BCUT2D eigenvalue weighted by Gasteiger charge is -2.37. The van der Waals surface area contributed by atoms with E-state index in [0.29, 0.717) is 26.2 Å². The molecule has 1 amide bonds. The van der Waals surface area contributed by atoms with Crippen LogP contribution in [0.5, 0.6) is 5.75 Å². The van der Waals surface area contributed by atoms with Crippen molar-refractivity contribution in [2.24, 2.45) is 0 Å². The number of thiophene rings is 1. The Labute approximate surface area is 223 Å². The Bertz CT molecular complexity index is 1300. The van der Waals surface area contributed by atoms with Crippen molar-refractivity contribution < 1.29 is 22.7 Å². The molecule has 0 spiro atoms. The number of nitrogens with zero attached hydrogens (tertiary/aromatic N) is 2. The smallest absolute Gasteiger partial charge is 0.243 e. The molecule has 1 unspecified atom stereocenters. The van der Waals surface area contributed by atoms with Crippen molar-refractivity contribution in [1.29, 1.82) is 0 Å². The summed E-state index contributed by atoms with van der Waals surface area (Å²) >= 11 is 1.68. The molecule has 0 aliphatic carbocycles. The van der Waals surface area contributed by atoms with E-state index in [1.165, 1.54) is 9.18 Å². The zero-order valence-electron chi connectivity index (χ0n) is 21.6. The predicted octanol–water partition coefficient (Wildman–Crippen LogP) is 4.60. The normalized spacial score (nSPS) is 15.6. The van der Waals surface area contributed by atoms with Gasteiger partial charge in [0.2, 0.25) is 15.9 Å². The van der Waals surface area contributed by atoms with Crippen molar-refractivity contribution >= 4 is 27.3 Å². The number of carbonyl (C=O) groups excluding carboxylic acids is 1. The van der Waals surface area contributed by atoms with Crippen molar-refractivity contribution in [3.05, 3.63) is 81.5 Å². The van der Waals surface area contributed by atoms with Gasteiger partial charge in [-0.25, -0.2) is 8.42 Å². The second kappa shape index (κ2) is 12.2. The quantitative estimate of drug-likeness (QED) is 0.331. The molecule has 0 bridgehead atoms. The molecule has 4 rings (SSSR count). The van der Waals surface area contributed by atoms with Gasteiger partial charge < -0.3 is 14.4 Å². The highest BCUT2D eigenvalue weighted by molar-refractivity contribution is 7.89. The maximum atomic E-state index is 13.7. The molecule has 2 aromatic carbocycles. The Hall–Kier alpha value is -2.72. The Balaban J connectivity index is 1.57. The minimum Gasteiger partial charge on any atom is -0.491 e. The van der Waals surface area contributed by atoms with E-state index >= 15 is 0 Å². The molecule has 198 valence electrons. The van der Waals surface area contributed by atoms with E-state index in [-0.39, 0.29) is 29.9 Å². The lowest BCUT2D eigenvalue weighted by molar-refractivity contribution is -0.135. The topological polar surface area (TPSA) is 76.2 Å². The zero-order chi connectivity index (χ0) is 26.4. The first-order chi connectivity index (χ1) is 17.8. The highest BCUT2D eigenvalue weighted by Gasteiger charge is 2.35. The first-order valence-corrected chi connectivity index (χ1v) is 14.7. The SMILES string of the molecule is COCCCN(CC(=O)N1CCc2sccc2C1COc1ccccc1C)S(=O)(=O)c1ccc(C)cc1. The number of benzene rings is 2. The molecule has 0 radical (unpaired) electrons. The maximum absolute atomic E-state index is 13.7. The lowest BCUT2D eigenvalue weighted by Crippen LogP contribution is -2.48. The van der Waals surface area contributed by atoms with Gasteiger partial charge in [0.1, 0.15) is 12.4 Å². The number of amides is 1. The first-order valence-electron chi connectivity index (χ1n) is 12.4. The molecule has 0 saturated heterocycles. The molecule has 1 aliphatic heterocycles. The number of para-hydroxylation sites is 1. The van der Waals surface area contributed by atoms with Crippen LogP contribution in [0.25, 0.3) is 0 Å². The van der Waals surface area contributed by atoms with Gasteiger partial charge in [0.15, 0.2) is 0 Å². The minimum absolute atomic E-state index is 0.182. The zero-order valence-corrected chi connectivity index (χ0v) is 23.2. The average molecular weight is 543 g/mol. The van der Waals surface area contributed by atoms with Crippen molar-refractivity contribution in [3.63, 3.8) is 0 Å². The van der Waals surface area contributed by atoms with Crippen LogP contribution in [-0.4, -0.2) is 63.5 Å². The Kier molecular flexibility index (Phi) is 9.02. The third kappa shape index (κ3) is 6.41. The van der Waals surface area contributed by atoms with Gasteiger partial charge in [-0.15, -0.1) is 11.3 Å². The monoisotopic (exact) mass is 542 g/mol. The largest absolute Gasteiger partial charge is 0.491 e. The van der Waals surface area contributed by atoms with Crippen LogP contribution in [-0.2, 0) is 26.0 Å². The summed E-state index contributed by atoms with van der Waals surface area (Å²) in [6.45, 7) is 5.08. The number of methoxy groups -OCH3 is 1. The van der Waals surface area contributed by atoms with Crippen molar-refractivity contribution in [3.8, 4) is 5.75 Å². The van der Waals surface area contributed by atoms with Crippen LogP contribution < -0.4 is 4.74 Å². The van der Waals surface area contributed by atoms with Crippen LogP contribution in [0, 0.1) is 13.8 Å². The number of ether oxygens (including phenoxy) is 2. The molecule has 37 heavy (non-hydrogen) atoms. The number of fused-ring (bicyclic) bond motifs is 1. The second-order valence-electron chi connectivity index (χ2n) is 9.23. The molecule has 0 fully saturated rings. The molecule has 2 heterocycles. The van der Waals surface area contributed by atoms with Gasteiger partial charge >= 0.3 is 0 Å². The highest BCUT2D eigenvalue weighted by atomic mass is 32.2. The summed E-state index contributed by atoms with van der Waals surface area (Å²) in [5.41, 5.74) is 3.07. The molecule has 1 aromatic heterocycles. The number of hydrogen-bond acceptors (Lipinski definition) is 6. The van der Waals surface area contributed by atoms with Gasteiger partial charge in [-0.2, -0.15) is 4.31 Å². The lowest BCUT2D eigenvalue weighted by atomic mass is 10.0. The standard InChI is InChI=1S/C28H34N2O5S2/c1-21-9-11-23(12-10-21)37(32,33)29(15-6-17-34-3)19-28(31)30-16-13-27-24(14-18-36-27)25(30)20-35-26-8-5-4-7-22(26)2/h4-5,7-12,14,18,25H,6,13,15-17,19-20H2,1-3H3. The van der Waals surface area contributed by atoms with Crippen molar-refractivity contribution in [1.82, 2.24) is 9.21 Å². The third-order valence-electron chi connectivity index (χ3n) is 6.63. The molecule has 3 aromatic rings. The minimum atomic E-state index is -3.86. The van der Waals surface area contributed by atoms with Gasteiger partial charge in [-0.3, -0.25) is 4.79 Å². The number of sulfonamides is 1. The number of carbonyl (C=O) groups is 1. The van der Waals surface area contributed by atoms with E-state index in [9.17, 15) is 13.2 Å². The van der Waals surface area contributed by atoms with Gasteiger partial charge in [-0.1, -0.05) is 35.9 Å². The van der Waals surface area contributed by atoms with Crippen molar-refractivity contribution in [2.45, 2.75) is 37.6 Å². The van der Waals surface area contributed by atoms with Crippen LogP contribution in [0.15, 0.2) is 64.9 Å². The fraction of sp³-hybridized carbons (Fsp3) is 0.393. The van der Waals surface area contributed by atoms with E-state index in [4.69, 9.17) is 9.47 Å². The predicted molar refractivity (Wildman–Crippen MR) is 146 cm³/mol. The van der Waals surface area contributed by atoms with E-state index in [1.54, 1.807) is 47.6 Å². The van der Waals surface area contributed by atoms with Crippen LogP contribution in [0.3, 0.4) is 0 Å². The average Bonchev–Trinajstić information content (AvgIpc) is 3.37. The molecule has 1 aliphatic rings. The van der Waals surface area contributed by atoms with E-state index in [2.05, 4.69) is 0 Å². The first kappa shape index (κ1) is 27.3. The Morgan fingerprint density at radius 3 is 2.59 bits per heavy atom. The fourth-order valence-electron chi connectivity index (χ4n) is 4.53. The highest BCUT2D eigenvalue weighted by Crippen LogP contribution is 2.34. The summed E-state index contributed by atoms with van der Waals surface area (Å²) in [7, 11) is -2.28. The third-order valence-corrected chi connectivity index (χ3v) is 9.49. The van der Waals surface area contributed by atoms with E-state index in [0.717, 1.165) is 28.9 Å². The fourth-order valence-corrected chi connectivity index (χ4v) is 6.89. The Morgan fingerprint density at radius 2 is 1.86 bits per heavy atom. The summed E-state index contributed by atoms with van der Waals surface area (Å²) in [4.78, 5) is 16.9. The summed E-state index contributed by atoms with van der Waals surface area (Å²) in [5, 5.41) is 2.04. The molecular weight excluding hydrogens is 508 g/mol. The molecule has 0 N–H and O–H groups in total. The number of aryl methyl sites for hydroxylation is 2. The van der Waals surface area contributed by atoms with Crippen LogP contribution >= 0.6 is 11.3 Å². The Morgan fingerprint density at radius 1 is 1.11 bits per heavy atom. The number of rotatable bonds is 11. The maximum Gasteiger partial charge on any atom is 0.243 e. The summed E-state index contributed by atoms with van der Waals surface area (Å²) in [6, 6.07) is 16.3. The van der Waals surface area contributed by atoms with E-state index < -0.39 is 10.0 Å². The molecular formula is C28H34N2O5S2. The van der Waals surface area contributed by atoms with Crippen LogP contribution in [0.1, 0.15) is 34.0 Å². The van der Waals surface area contributed by atoms with Crippen LogP contribution in [0.2, 0.25) is 0 Å². The summed E-state index contributed by atoms with van der Waals surface area (Å²) in [5.74, 6) is 0.545. The van der Waals surface area contributed by atoms with Gasteiger partial charge in [0.25, 0.3) is 0 Å². The van der Waals surface area contributed by atoms with Gasteiger partial charge in [-0.05, 0) is 67.5 Å². The van der Waals surface area contributed by atoms with Crippen molar-refractivity contribution in [2.75, 3.05) is 40.0 Å². The molecule has 9 heteroatoms. The van der Waals surface area contributed by atoms with Gasteiger partial charge in [0, 0.05) is 31.7 Å². The molecule has 0 saturated carbocycles. The number of hydrogen-bond donors (Lipinski definition) is 0. The van der Waals surface area contributed by atoms with Gasteiger partial charge in [0.05, 0.1) is 17.5 Å². The van der Waals surface area contributed by atoms with Crippen LogP contribution in [0.4, 0.5) is 0 Å². The molecule has 7 nitrogen and oxygen atoms in total. The van der Waals surface area contributed by atoms with E-state index in [1.807, 2.05) is 49.6 Å². The molecule has 1 atom stereocenters. The summed E-state index contributed by atoms with van der Waals surface area (Å²) in [6.07, 6.45) is 1.23. The second-order valence-corrected chi connectivity index (χ2v) is 12.2.